The number of nitriles is 1. The fourth-order valence-electron chi connectivity index (χ4n) is 2.52. The van der Waals surface area contributed by atoms with E-state index in [2.05, 4.69) is 42.2 Å². The van der Waals surface area contributed by atoms with Gasteiger partial charge in [0.25, 0.3) is 0 Å². The third-order valence-corrected chi connectivity index (χ3v) is 3.55. The van der Waals surface area contributed by atoms with Gasteiger partial charge in [0.15, 0.2) is 0 Å². The molecule has 1 saturated carbocycles. The van der Waals surface area contributed by atoms with E-state index in [9.17, 15) is 0 Å². The van der Waals surface area contributed by atoms with E-state index in [-0.39, 0.29) is 6.04 Å². The maximum atomic E-state index is 8.78. The normalized spacial score (nSPS) is 16.6. The van der Waals surface area contributed by atoms with Crippen LogP contribution in [0.3, 0.4) is 0 Å². The lowest BCUT2D eigenvalue weighted by molar-refractivity contribution is 0.195. The van der Waals surface area contributed by atoms with Crippen LogP contribution >= 0.6 is 0 Å². The van der Waals surface area contributed by atoms with E-state index >= 15 is 0 Å². The van der Waals surface area contributed by atoms with Crippen molar-refractivity contribution in [2.45, 2.75) is 38.3 Å². The van der Waals surface area contributed by atoms with Crippen molar-refractivity contribution >= 4 is 0 Å². The molecule has 3 nitrogen and oxygen atoms in total. The summed E-state index contributed by atoms with van der Waals surface area (Å²) < 4.78 is 0. The van der Waals surface area contributed by atoms with Crippen LogP contribution in [0.25, 0.3) is 0 Å². The zero-order valence-corrected chi connectivity index (χ0v) is 11.0. The van der Waals surface area contributed by atoms with E-state index in [1.165, 1.54) is 24.0 Å². The Kier molecular flexibility index (Phi) is 4.35. The Morgan fingerprint density at radius 1 is 1.50 bits per heavy atom. The Bertz CT molecular complexity index is 432. The summed E-state index contributed by atoms with van der Waals surface area (Å²) >= 11 is 0. The Hall–Kier alpha value is -1.37. The van der Waals surface area contributed by atoms with Gasteiger partial charge in [0, 0.05) is 31.6 Å². The second kappa shape index (κ2) is 5.99. The van der Waals surface area contributed by atoms with Crippen LogP contribution in [0.2, 0.25) is 0 Å². The summed E-state index contributed by atoms with van der Waals surface area (Å²) in [5.41, 5.74) is 8.51. The molecule has 1 aromatic rings. The Morgan fingerprint density at radius 2 is 2.28 bits per heavy atom. The van der Waals surface area contributed by atoms with Gasteiger partial charge in [-0.2, -0.15) is 5.26 Å². The van der Waals surface area contributed by atoms with Gasteiger partial charge in [0.2, 0.25) is 0 Å². The summed E-state index contributed by atoms with van der Waals surface area (Å²) in [4.78, 5) is 2.41. The quantitative estimate of drug-likeness (QED) is 0.834. The Balaban J connectivity index is 2.17. The van der Waals surface area contributed by atoms with Crippen molar-refractivity contribution in [3.63, 3.8) is 0 Å². The van der Waals surface area contributed by atoms with E-state index in [0.717, 1.165) is 6.54 Å². The van der Waals surface area contributed by atoms with Crippen molar-refractivity contribution in [2.75, 3.05) is 13.1 Å². The summed E-state index contributed by atoms with van der Waals surface area (Å²) in [6.45, 7) is 3.55. The minimum Gasteiger partial charge on any atom is -0.329 e. The molecule has 1 fully saturated rings. The van der Waals surface area contributed by atoms with E-state index in [1.54, 1.807) is 0 Å². The van der Waals surface area contributed by atoms with Crippen LogP contribution in [0, 0.1) is 18.3 Å². The lowest BCUT2D eigenvalue weighted by Gasteiger charge is -2.31. The molecule has 1 unspecified atom stereocenters. The average Bonchev–Trinajstić information content (AvgIpc) is 3.18. The Labute approximate surface area is 109 Å². The molecule has 0 aromatic heterocycles. The fourth-order valence-corrected chi connectivity index (χ4v) is 2.52. The molecule has 1 aliphatic carbocycles. The van der Waals surface area contributed by atoms with E-state index in [4.69, 9.17) is 11.0 Å². The van der Waals surface area contributed by atoms with Gasteiger partial charge in [-0.3, -0.25) is 4.90 Å². The molecule has 1 aliphatic rings. The van der Waals surface area contributed by atoms with Crippen LogP contribution in [0.15, 0.2) is 24.3 Å². The van der Waals surface area contributed by atoms with Gasteiger partial charge in [0.1, 0.15) is 0 Å². The summed E-state index contributed by atoms with van der Waals surface area (Å²) in [6, 6.07) is 11.7. The molecule has 1 atom stereocenters. The van der Waals surface area contributed by atoms with Crippen LogP contribution < -0.4 is 5.73 Å². The maximum absolute atomic E-state index is 8.78. The van der Waals surface area contributed by atoms with Crippen molar-refractivity contribution in [2.24, 2.45) is 5.73 Å². The van der Waals surface area contributed by atoms with Gasteiger partial charge >= 0.3 is 0 Å². The highest BCUT2D eigenvalue weighted by atomic mass is 15.2. The van der Waals surface area contributed by atoms with Crippen LogP contribution in [0.5, 0.6) is 0 Å². The first-order chi connectivity index (χ1) is 8.76. The third-order valence-electron chi connectivity index (χ3n) is 3.55. The van der Waals surface area contributed by atoms with Gasteiger partial charge in [-0.1, -0.05) is 29.8 Å². The molecule has 2 rings (SSSR count). The predicted octanol–water partition coefficient (Wildman–Crippen LogP) is 2.37. The topological polar surface area (TPSA) is 53.0 Å². The zero-order valence-electron chi connectivity index (χ0n) is 11.0. The molecule has 0 bridgehead atoms. The van der Waals surface area contributed by atoms with Crippen molar-refractivity contribution < 1.29 is 0 Å². The molecule has 0 saturated heterocycles. The largest absolute Gasteiger partial charge is 0.329 e. The number of hydrogen-bond acceptors (Lipinski definition) is 3. The van der Waals surface area contributed by atoms with Crippen molar-refractivity contribution in [3.05, 3.63) is 35.4 Å². The highest BCUT2D eigenvalue weighted by Gasteiger charge is 2.33. The lowest BCUT2D eigenvalue weighted by atomic mass is 10.0. The molecule has 3 heteroatoms. The van der Waals surface area contributed by atoms with Crippen molar-refractivity contribution in [1.29, 1.82) is 5.26 Å². The molecule has 0 radical (unpaired) electrons. The number of nitrogens with two attached hydrogens (primary N) is 1. The molecule has 0 heterocycles. The second-order valence-electron chi connectivity index (χ2n) is 5.04. The minimum atomic E-state index is 0.255. The van der Waals surface area contributed by atoms with Crippen LogP contribution in [0.1, 0.15) is 36.4 Å². The predicted molar refractivity (Wildman–Crippen MR) is 72.9 cm³/mol. The summed E-state index contributed by atoms with van der Waals surface area (Å²) in [5.74, 6) is 0. The second-order valence-corrected chi connectivity index (χ2v) is 5.04. The van der Waals surface area contributed by atoms with Crippen LogP contribution in [0.4, 0.5) is 0 Å². The van der Waals surface area contributed by atoms with Gasteiger partial charge in [0.05, 0.1) is 6.07 Å². The number of benzene rings is 1. The first kappa shape index (κ1) is 13.1. The highest BCUT2D eigenvalue weighted by Crippen LogP contribution is 2.34. The number of nitrogens with zero attached hydrogens (tertiary/aromatic N) is 2. The molecular formula is C15H21N3. The molecule has 0 amide bonds. The van der Waals surface area contributed by atoms with Crippen LogP contribution in [-0.4, -0.2) is 24.0 Å². The molecule has 2 N–H and O–H groups in total. The first-order valence-corrected chi connectivity index (χ1v) is 6.65. The Morgan fingerprint density at radius 3 is 2.83 bits per heavy atom. The van der Waals surface area contributed by atoms with Gasteiger partial charge < -0.3 is 5.73 Å². The smallest absolute Gasteiger partial charge is 0.0635 e. The van der Waals surface area contributed by atoms with Crippen molar-refractivity contribution in [3.8, 4) is 6.07 Å². The standard InChI is InChI=1S/C15H21N3/c1-12-4-2-5-13(10-12)15(11-17)18(9-3-8-16)14-6-7-14/h2,4-5,10,14-15H,3,6-7,9,11,17H2,1H3. The van der Waals surface area contributed by atoms with E-state index in [1.807, 2.05) is 0 Å². The highest BCUT2D eigenvalue weighted by molar-refractivity contribution is 5.26. The number of hydrogen-bond donors (Lipinski definition) is 1. The fraction of sp³-hybridized carbons (Fsp3) is 0.533. The van der Waals surface area contributed by atoms with E-state index < -0.39 is 0 Å². The SMILES string of the molecule is Cc1cccc(C(CN)N(CCC#N)C2CC2)c1. The zero-order chi connectivity index (χ0) is 13.0. The lowest BCUT2D eigenvalue weighted by Crippen LogP contribution is -2.36. The van der Waals surface area contributed by atoms with Gasteiger partial charge in [-0.05, 0) is 25.3 Å². The third kappa shape index (κ3) is 3.10. The monoisotopic (exact) mass is 243 g/mol. The molecular weight excluding hydrogens is 222 g/mol. The number of rotatable bonds is 6. The van der Waals surface area contributed by atoms with Gasteiger partial charge in [-0.25, -0.2) is 0 Å². The summed E-state index contributed by atoms with van der Waals surface area (Å²) in [6.07, 6.45) is 3.07. The average molecular weight is 243 g/mol. The molecule has 1 aromatic carbocycles. The first-order valence-electron chi connectivity index (χ1n) is 6.65. The van der Waals surface area contributed by atoms with Crippen molar-refractivity contribution in [1.82, 2.24) is 4.90 Å². The molecule has 18 heavy (non-hydrogen) atoms. The van der Waals surface area contributed by atoms with E-state index in [0.29, 0.717) is 19.0 Å². The number of aryl methyl sites for hydroxylation is 1. The molecule has 96 valence electrons. The maximum Gasteiger partial charge on any atom is 0.0635 e. The summed E-state index contributed by atoms with van der Waals surface area (Å²) in [5, 5.41) is 8.78. The van der Waals surface area contributed by atoms with Gasteiger partial charge in [-0.15, -0.1) is 0 Å². The molecule has 0 spiro atoms. The van der Waals surface area contributed by atoms with Crippen LogP contribution in [-0.2, 0) is 0 Å². The minimum absolute atomic E-state index is 0.255. The molecule has 0 aliphatic heterocycles. The summed E-state index contributed by atoms with van der Waals surface area (Å²) in [7, 11) is 0.